The number of rotatable bonds is 1. The fourth-order valence-corrected chi connectivity index (χ4v) is 3.90. The first kappa shape index (κ1) is 10.8. The number of hydrogen-bond donors (Lipinski definition) is 0. The zero-order valence-electron chi connectivity index (χ0n) is 7.73. The molecular formula is C9H12NOPS. The van der Waals surface area contributed by atoms with Crippen LogP contribution in [0.4, 0.5) is 0 Å². The van der Waals surface area contributed by atoms with Gasteiger partial charge < -0.3 is 4.52 Å². The maximum Gasteiger partial charge on any atom is 0.138 e. The predicted octanol–water partition coefficient (Wildman–Crippen LogP) is 1.14. The van der Waals surface area contributed by atoms with Gasteiger partial charge in [-0.3, -0.25) is 4.67 Å². The lowest BCUT2D eigenvalue weighted by molar-refractivity contribution is 0.274. The Morgan fingerprint density at radius 1 is 1.46 bits per heavy atom. The highest BCUT2D eigenvalue weighted by molar-refractivity contribution is 8.11. The Morgan fingerprint density at radius 2 is 2.08 bits per heavy atom. The molecule has 2 nitrogen and oxygen atoms in total. The van der Waals surface area contributed by atoms with Crippen molar-refractivity contribution in [3.63, 3.8) is 0 Å². The van der Waals surface area contributed by atoms with Crippen molar-refractivity contribution in [2.24, 2.45) is 5.92 Å². The number of hydrogen-bond acceptors (Lipinski definition) is 2. The lowest BCUT2D eigenvalue weighted by Gasteiger charge is -2.22. The van der Waals surface area contributed by atoms with Crippen molar-refractivity contribution in [3.8, 4) is 24.7 Å². The van der Waals surface area contributed by atoms with Crippen LogP contribution in [-0.2, 0) is 16.3 Å². The highest BCUT2D eigenvalue weighted by Gasteiger charge is 2.39. The van der Waals surface area contributed by atoms with Gasteiger partial charge in [-0.05, 0) is 14.1 Å². The highest BCUT2D eigenvalue weighted by atomic mass is 32.4. The summed E-state index contributed by atoms with van der Waals surface area (Å²) in [5.74, 6) is 5.17. The summed E-state index contributed by atoms with van der Waals surface area (Å²) in [6.07, 6.45) is 9.18. The maximum absolute atomic E-state index is 5.64. The molecule has 1 heterocycles. The smallest absolute Gasteiger partial charge is 0.138 e. The molecular weight excluding hydrogens is 201 g/mol. The molecule has 0 spiro atoms. The van der Waals surface area contributed by atoms with Crippen LogP contribution >= 0.6 is 6.42 Å². The molecule has 3 unspecified atom stereocenters. The van der Waals surface area contributed by atoms with E-state index in [4.69, 9.17) is 29.2 Å². The predicted molar refractivity (Wildman–Crippen MR) is 58.9 cm³/mol. The molecule has 3 atom stereocenters. The Bertz CT molecular complexity index is 299. The van der Waals surface area contributed by atoms with Crippen molar-refractivity contribution in [1.82, 2.24) is 4.67 Å². The van der Waals surface area contributed by atoms with Gasteiger partial charge in [-0.2, -0.15) is 0 Å². The summed E-state index contributed by atoms with van der Waals surface area (Å²) in [4.78, 5) is 0. The van der Waals surface area contributed by atoms with Crippen LogP contribution in [0.15, 0.2) is 0 Å². The van der Waals surface area contributed by atoms with Crippen LogP contribution in [0, 0.1) is 30.6 Å². The van der Waals surface area contributed by atoms with E-state index >= 15 is 0 Å². The van der Waals surface area contributed by atoms with Crippen LogP contribution < -0.4 is 0 Å². The second-order valence-corrected chi connectivity index (χ2v) is 7.50. The summed E-state index contributed by atoms with van der Waals surface area (Å²) >= 11 is 5.40. The molecule has 0 aliphatic carbocycles. The minimum absolute atomic E-state index is 0.0155. The summed E-state index contributed by atoms with van der Waals surface area (Å²) in [5.41, 5.74) is 0. The Kier molecular flexibility index (Phi) is 3.17. The van der Waals surface area contributed by atoms with Crippen molar-refractivity contribution in [2.45, 2.75) is 6.10 Å². The van der Waals surface area contributed by atoms with E-state index in [0.29, 0.717) is 0 Å². The SMILES string of the molecule is C#CC1CP(=S)(N(C)C)OC1C#C. The molecule has 1 saturated heterocycles. The molecule has 0 amide bonds. The molecule has 1 fully saturated rings. The molecule has 1 aliphatic heterocycles. The van der Waals surface area contributed by atoms with E-state index in [1.165, 1.54) is 0 Å². The van der Waals surface area contributed by atoms with E-state index in [-0.39, 0.29) is 12.0 Å². The number of nitrogens with zero attached hydrogens (tertiary/aromatic N) is 1. The molecule has 0 aromatic heterocycles. The third kappa shape index (κ3) is 1.96. The fraction of sp³-hybridized carbons (Fsp3) is 0.556. The topological polar surface area (TPSA) is 12.5 Å². The molecule has 0 aromatic rings. The zero-order chi connectivity index (χ0) is 10.1. The molecule has 0 bridgehead atoms. The van der Waals surface area contributed by atoms with Gasteiger partial charge in [-0.15, -0.1) is 12.8 Å². The van der Waals surface area contributed by atoms with E-state index in [2.05, 4.69) is 11.8 Å². The standard InChI is InChI=1S/C9H12NOPS/c1-5-8-7-12(13,10(3)4)11-9(8)6-2/h1-2,8-9H,7H2,3-4H3. The van der Waals surface area contributed by atoms with Crippen LogP contribution in [0.3, 0.4) is 0 Å². The fourth-order valence-electron chi connectivity index (χ4n) is 1.18. The first-order chi connectivity index (χ1) is 6.03. The second kappa shape index (κ2) is 3.82. The van der Waals surface area contributed by atoms with Crippen LogP contribution in [0.2, 0.25) is 0 Å². The van der Waals surface area contributed by atoms with E-state index in [1.807, 2.05) is 18.8 Å². The molecule has 1 aliphatic rings. The van der Waals surface area contributed by atoms with Crippen molar-refractivity contribution in [1.29, 1.82) is 0 Å². The molecule has 1 rings (SSSR count). The van der Waals surface area contributed by atoms with Crippen LogP contribution in [-0.4, -0.2) is 31.0 Å². The zero-order valence-corrected chi connectivity index (χ0v) is 9.44. The van der Waals surface area contributed by atoms with Gasteiger partial charge >= 0.3 is 0 Å². The van der Waals surface area contributed by atoms with Gasteiger partial charge in [0.2, 0.25) is 0 Å². The maximum atomic E-state index is 5.64. The second-order valence-electron chi connectivity index (χ2n) is 3.13. The van der Waals surface area contributed by atoms with Crippen molar-refractivity contribution in [2.75, 3.05) is 20.3 Å². The Labute approximate surface area is 84.8 Å². The molecule has 70 valence electrons. The Morgan fingerprint density at radius 3 is 2.38 bits per heavy atom. The summed E-state index contributed by atoms with van der Waals surface area (Å²) in [7, 11) is 3.82. The Balaban J connectivity index is 2.88. The largest absolute Gasteiger partial charge is 0.320 e. The molecule has 4 heteroatoms. The van der Waals surface area contributed by atoms with Crippen molar-refractivity contribution >= 4 is 18.2 Å². The minimum atomic E-state index is -1.91. The first-order valence-corrected chi connectivity index (χ1v) is 6.77. The third-order valence-electron chi connectivity index (χ3n) is 2.06. The molecule has 0 aromatic carbocycles. The molecule has 0 radical (unpaired) electrons. The quantitative estimate of drug-likeness (QED) is 0.479. The molecule has 0 saturated carbocycles. The van der Waals surface area contributed by atoms with Gasteiger partial charge in [0.25, 0.3) is 0 Å². The van der Waals surface area contributed by atoms with Gasteiger partial charge in [0.05, 0.1) is 5.92 Å². The summed E-state index contributed by atoms with van der Waals surface area (Å²) in [5, 5.41) is 0. The minimum Gasteiger partial charge on any atom is -0.320 e. The third-order valence-corrected chi connectivity index (χ3v) is 6.37. The highest BCUT2D eigenvalue weighted by Crippen LogP contribution is 2.57. The molecule has 13 heavy (non-hydrogen) atoms. The van der Waals surface area contributed by atoms with Crippen LogP contribution in [0.5, 0.6) is 0 Å². The lowest BCUT2D eigenvalue weighted by atomic mass is 10.1. The van der Waals surface area contributed by atoms with E-state index in [9.17, 15) is 0 Å². The molecule has 0 N–H and O–H groups in total. The van der Waals surface area contributed by atoms with Crippen molar-refractivity contribution < 1.29 is 4.52 Å². The van der Waals surface area contributed by atoms with Gasteiger partial charge in [-0.25, -0.2) is 0 Å². The average Bonchev–Trinajstić information content (AvgIpc) is 2.43. The first-order valence-electron chi connectivity index (χ1n) is 3.91. The van der Waals surface area contributed by atoms with Crippen LogP contribution in [0.25, 0.3) is 0 Å². The van der Waals surface area contributed by atoms with E-state index in [1.54, 1.807) is 0 Å². The monoisotopic (exact) mass is 213 g/mol. The summed E-state index contributed by atoms with van der Waals surface area (Å²) < 4.78 is 7.57. The van der Waals surface area contributed by atoms with Gasteiger partial charge in [0.15, 0.2) is 0 Å². The Hall–Kier alpha value is -0.310. The van der Waals surface area contributed by atoms with E-state index < -0.39 is 6.42 Å². The lowest BCUT2D eigenvalue weighted by Crippen LogP contribution is -2.12. The number of terminal acetylenes is 2. The summed E-state index contributed by atoms with van der Waals surface area (Å²) in [6.45, 7) is 0. The average molecular weight is 213 g/mol. The van der Waals surface area contributed by atoms with E-state index in [0.717, 1.165) is 6.16 Å². The van der Waals surface area contributed by atoms with Crippen LogP contribution in [0.1, 0.15) is 0 Å². The summed E-state index contributed by atoms with van der Waals surface area (Å²) in [6, 6.07) is 0. The van der Waals surface area contributed by atoms with Crippen molar-refractivity contribution in [3.05, 3.63) is 0 Å². The van der Waals surface area contributed by atoms with Gasteiger partial charge in [0, 0.05) is 6.16 Å². The van der Waals surface area contributed by atoms with Gasteiger partial charge in [-0.1, -0.05) is 23.6 Å². The normalized spacial score (nSPS) is 38.5. The van der Waals surface area contributed by atoms with Gasteiger partial charge in [0.1, 0.15) is 12.5 Å².